The summed E-state index contributed by atoms with van der Waals surface area (Å²) in [7, 11) is -3.49. The van der Waals surface area contributed by atoms with Crippen LogP contribution in [-0.4, -0.2) is 31.6 Å². The summed E-state index contributed by atoms with van der Waals surface area (Å²) in [6, 6.07) is 0. The molecule has 0 heterocycles. The predicted octanol–water partition coefficient (Wildman–Crippen LogP) is -0.126. The van der Waals surface area contributed by atoms with Crippen molar-refractivity contribution in [3.05, 3.63) is 0 Å². The van der Waals surface area contributed by atoms with E-state index in [4.69, 9.17) is 23.1 Å². The maximum Gasteiger partial charge on any atom is 0.233 e. The van der Waals surface area contributed by atoms with Gasteiger partial charge in [-0.1, -0.05) is 26.1 Å². The van der Waals surface area contributed by atoms with Gasteiger partial charge >= 0.3 is 0 Å². The number of carbonyl (C=O) groups excluding carboxylic acids is 1. The molecule has 0 radical (unpaired) electrons. The van der Waals surface area contributed by atoms with E-state index >= 15 is 0 Å². The van der Waals surface area contributed by atoms with Gasteiger partial charge in [0.05, 0.1) is 16.2 Å². The van der Waals surface area contributed by atoms with Crippen LogP contribution in [0.1, 0.15) is 33.1 Å². The molecule has 0 unspecified atom stereocenters. The first-order chi connectivity index (χ1) is 8.19. The summed E-state index contributed by atoms with van der Waals surface area (Å²) in [4.78, 5) is 12.2. The Balaban J connectivity index is 4.42. The molecule has 0 saturated carbocycles. The van der Waals surface area contributed by atoms with Crippen molar-refractivity contribution < 1.29 is 13.2 Å². The van der Waals surface area contributed by atoms with Crippen LogP contribution < -0.4 is 16.2 Å². The second kappa shape index (κ2) is 7.01. The van der Waals surface area contributed by atoms with E-state index in [2.05, 4.69) is 5.32 Å². The van der Waals surface area contributed by atoms with Crippen LogP contribution in [0.2, 0.25) is 0 Å². The molecule has 106 valence electrons. The number of hydrogen-bond donors (Lipinski definition) is 3. The highest BCUT2D eigenvalue weighted by Gasteiger charge is 2.37. The Morgan fingerprint density at radius 1 is 1.33 bits per heavy atom. The van der Waals surface area contributed by atoms with E-state index in [0.717, 1.165) is 0 Å². The lowest BCUT2D eigenvalue weighted by atomic mass is 9.81. The molecule has 5 N–H and O–H groups in total. The average Bonchev–Trinajstić information content (AvgIpc) is 2.25. The van der Waals surface area contributed by atoms with Gasteiger partial charge in [0.25, 0.3) is 0 Å². The smallest absolute Gasteiger partial charge is 0.233 e. The Morgan fingerprint density at radius 2 is 1.83 bits per heavy atom. The summed E-state index contributed by atoms with van der Waals surface area (Å²) in [5, 5.41) is 7.51. The fourth-order valence-electron chi connectivity index (χ4n) is 1.68. The number of carbonyl (C=O) groups is 1. The first-order valence-electron chi connectivity index (χ1n) is 5.78. The van der Waals surface area contributed by atoms with Gasteiger partial charge in [-0.05, 0) is 19.3 Å². The minimum absolute atomic E-state index is 0.161. The number of thiocarbonyl (C=S) groups is 1. The van der Waals surface area contributed by atoms with Crippen molar-refractivity contribution in [3.63, 3.8) is 0 Å². The Hall–Kier alpha value is -0.730. The lowest BCUT2D eigenvalue weighted by molar-refractivity contribution is -0.127. The molecule has 0 spiro atoms. The molecular formula is C10H21N3O3S2. The topological polar surface area (TPSA) is 115 Å². The third kappa shape index (κ3) is 4.87. The minimum atomic E-state index is -3.49. The zero-order valence-electron chi connectivity index (χ0n) is 10.7. The molecule has 0 aliphatic heterocycles. The van der Waals surface area contributed by atoms with E-state index in [1.807, 2.05) is 13.8 Å². The number of rotatable bonds is 8. The molecule has 0 rings (SSSR count). The fourth-order valence-corrected chi connectivity index (χ4v) is 2.60. The van der Waals surface area contributed by atoms with E-state index in [-0.39, 0.29) is 29.6 Å². The van der Waals surface area contributed by atoms with Crippen LogP contribution in [0, 0.1) is 5.41 Å². The molecule has 0 fully saturated rings. The van der Waals surface area contributed by atoms with Gasteiger partial charge in [0.1, 0.15) is 0 Å². The molecule has 0 atom stereocenters. The highest BCUT2D eigenvalue weighted by molar-refractivity contribution is 7.89. The maximum absolute atomic E-state index is 12.0. The quantitative estimate of drug-likeness (QED) is 0.426. The third-order valence-electron chi connectivity index (χ3n) is 3.00. The number of primary sulfonamides is 1. The summed E-state index contributed by atoms with van der Waals surface area (Å²) in [5.41, 5.74) is 4.77. The maximum atomic E-state index is 12.0. The van der Waals surface area contributed by atoms with Crippen molar-refractivity contribution in [3.8, 4) is 0 Å². The van der Waals surface area contributed by atoms with Gasteiger partial charge in [-0.25, -0.2) is 13.6 Å². The van der Waals surface area contributed by atoms with E-state index in [1.165, 1.54) is 0 Å². The lowest BCUT2D eigenvalue weighted by Gasteiger charge is -2.28. The van der Waals surface area contributed by atoms with Crippen molar-refractivity contribution in [2.45, 2.75) is 33.1 Å². The van der Waals surface area contributed by atoms with E-state index in [1.54, 1.807) is 0 Å². The van der Waals surface area contributed by atoms with Gasteiger partial charge in [0.15, 0.2) is 0 Å². The number of amides is 1. The third-order valence-corrected chi connectivity index (χ3v) is 4.25. The fraction of sp³-hybridized carbons (Fsp3) is 0.800. The van der Waals surface area contributed by atoms with Crippen molar-refractivity contribution >= 4 is 33.1 Å². The Bertz CT molecular complexity index is 403. The molecule has 6 nitrogen and oxygen atoms in total. The molecule has 0 aromatic heterocycles. The molecular weight excluding hydrogens is 274 g/mol. The number of nitrogens with one attached hydrogen (secondary N) is 1. The van der Waals surface area contributed by atoms with Gasteiger partial charge in [-0.15, -0.1) is 0 Å². The summed E-state index contributed by atoms with van der Waals surface area (Å²) >= 11 is 4.94. The summed E-state index contributed by atoms with van der Waals surface area (Å²) in [5.74, 6) is -0.416. The van der Waals surface area contributed by atoms with Crippen LogP contribution in [-0.2, 0) is 14.8 Å². The molecule has 0 bridgehead atoms. The summed E-state index contributed by atoms with van der Waals surface area (Å²) in [6.45, 7) is 3.92. The van der Waals surface area contributed by atoms with Crippen LogP contribution in [0.3, 0.4) is 0 Å². The lowest BCUT2D eigenvalue weighted by Crippen LogP contribution is -2.48. The van der Waals surface area contributed by atoms with Crippen LogP contribution in [0.25, 0.3) is 0 Å². The van der Waals surface area contributed by atoms with Gasteiger partial charge in [0.2, 0.25) is 15.9 Å². The highest BCUT2D eigenvalue weighted by Crippen LogP contribution is 2.27. The normalized spacial score (nSPS) is 12.2. The molecule has 0 aliphatic rings. The van der Waals surface area contributed by atoms with Crippen LogP contribution in [0.15, 0.2) is 0 Å². The predicted molar refractivity (Wildman–Crippen MR) is 75.4 cm³/mol. The average molecular weight is 295 g/mol. The molecule has 0 aromatic carbocycles. The molecule has 18 heavy (non-hydrogen) atoms. The standard InChI is InChI=1S/C10H21N3O3S2/c1-3-10(4-2,8(11)17)9(14)13-6-5-7-18(12,15)16/h3-7H2,1-2H3,(H2,11,17)(H,13,14)(H2,12,15,16). The Labute approximate surface area is 114 Å². The molecule has 0 saturated heterocycles. The zero-order valence-corrected chi connectivity index (χ0v) is 12.4. The summed E-state index contributed by atoms with van der Waals surface area (Å²) in [6.07, 6.45) is 1.30. The number of nitrogens with two attached hydrogens (primary N) is 2. The first-order valence-corrected chi connectivity index (χ1v) is 7.90. The molecule has 0 aliphatic carbocycles. The second-order valence-electron chi connectivity index (χ2n) is 4.13. The number of sulfonamides is 1. The van der Waals surface area contributed by atoms with Gasteiger partial charge < -0.3 is 11.1 Å². The number of hydrogen-bond acceptors (Lipinski definition) is 4. The molecule has 0 aromatic rings. The molecule has 1 amide bonds. The van der Waals surface area contributed by atoms with Gasteiger partial charge in [-0.3, -0.25) is 4.79 Å². The Kier molecular flexibility index (Phi) is 6.72. The van der Waals surface area contributed by atoms with Gasteiger partial charge in [0, 0.05) is 6.54 Å². The van der Waals surface area contributed by atoms with Crippen LogP contribution in [0.5, 0.6) is 0 Å². The van der Waals surface area contributed by atoms with Crippen molar-refractivity contribution in [1.82, 2.24) is 5.32 Å². The monoisotopic (exact) mass is 295 g/mol. The van der Waals surface area contributed by atoms with Crippen molar-refractivity contribution in [1.29, 1.82) is 0 Å². The largest absolute Gasteiger partial charge is 0.392 e. The first kappa shape index (κ1) is 17.3. The van der Waals surface area contributed by atoms with Crippen molar-refractivity contribution in [2.24, 2.45) is 16.3 Å². The highest BCUT2D eigenvalue weighted by atomic mass is 32.2. The van der Waals surface area contributed by atoms with E-state index in [9.17, 15) is 13.2 Å². The Morgan fingerprint density at radius 3 is 2.17 bits per heavy atom. The SMILES string of the molecule is CCC(CC)(C(=O)NCCCS(N)(=O)=O)C(N)=S. The van der Waals surface area contributed by atoms with Gasteiger partial charge in [-0.2, -0.15) is 0 Å². The summed E-state index contributed by atoms with van der Waals surface area (Å²) < 4.78 is 21.4. The van der Waals surface area contributed by atoms with E-state index in [0.29, 0.717) is 12.8 Å². The van der Waals surface area contributed by atoms with E-state index < -0.39 is 15.4 Å². The van der Waals surface area contributed by atoms with Crippen molar-refractivity contribution in [2.75, 3.05) is 12.3 Å². The minimum Gasteiger partial charge on any atom is -0.392 e. The second-order valence-corrected chi connectivity index (χ2v) is 6.30. The zero-order chi connectivity index (χ0) is 14.4. The van der Waals surface area contributed by atoms with Crippen LogP contribution in [0.4, 0.5) is 0 Å². The van der Waals surface area contributed by atoms with Crippen LogP contribution >= 0.6 is 12.2 Å². The molecule has 8 heteroatoms.